The first kappa shape index (κ1) is 57.7. The van der Waals surface area contributed by atoms with Crippen LogP contribution in [0.1, 0.15) is 0 Å². The van der Waals surface area contributed by atoms with Crippen LogP contribution in [-0.4, -0.2) is 125 Å². The molecule has 4 rings (SSSR count). The van der Waals surface area contributed by atoms with E-state index >= 15 is 0 Å². The van der Waals surface area contributed by atoms with Crippen molar-refractivity contribution in [1.82, 2.24) is 15.0 Å². The molecule has 0 saturated carbocycles. The molecule has 0 amide bonds. The first-order valence-electron chi connectivity index (χ1n) is 15.3. The van der Waals surface area contributed by atoms with Gasteiger partial charge in [0.2, 0.25) is 27.6 Å². The van der Waals surface area contributed by atoms with Crippen LogP contribution in [0.5, 0.6) is 5.75 Å². The third-order valence-electron chi connectivity index (χ3n) is 7.03. The minimum Gasteiger partial charge on any atom is -0.744 e. The SMILES string of the molecule is O=S(=O)(CCCl)CCOCCNc1nc(Cl)nc(Nc2cc(S(=O)(=O)[O-])cc3cc(S(=O)(=O)[O-])c(N=Nc4ccc(S(=O)(=O)CCOS(=O)(=O)[O-])cc4)c(O)c23)n1.[K+].[Na+].[Na+]. The molecule has 0 unspecified atom stereocenters. The Bertz CT molecular complexity index is 2760. The van der Waals surface area contributed by atoms with Gasteiger partial charge in [-0.05, 0) is 59.5 Å². The Labute approximate surface area is 440 Å². The van der Waals surface area contributed by atoms with Crippen LogP contribution in [0.4, 0.5) is 29.0 Å². The summed E-state index contributed by atoms with van der Waals surface area (Å²) in [4.78, 5) is 9.24. The summed E-state index contributed by atoms with van der Waals surface area (Å²) in [6.07, 6.45) is 0. The van der Waals surface area contributed by atoms with E-state index in [1.807, 2.05) is 0 Å². The van der Waals surface area contributed by atoms with Crippen LogP contribution < -0.4 is 121 Å². The van der Waals surface area contributed by atoms with E-state index in [1.165, 1.54) is 0 Å². The molecule has 33 heteroatoms. The Morgan fingerprint density at radius 2 is 1.38 bits per heavy atom. The van der Waals surface area contributed by atoms with Crippen molar-refractivity contribution < 1.29 is 180 Å². The topological polar surface area (TPSA) is 366 Å². The van der Waals surface area contributed by atoms with Crippen LogP contribution in [0.2, 0.25) is 5.28 Å². The van der Waals surface area contributed by atoms with E-state index in [0.29, 0.717) is 12.1 Å². The second kappa shape index (κ2) is 24.3. The fourth-order valence-electron chi connectivity index (χ4n) is 4.53. The second-order valence-electron chi connectivity index (χ2n) is 11.0. The molecule has 0 fully saturated rings. The van der Waals surface area contributed by atoms with Gasteiger partial charge in [0.05, 0.1) is 63.1 Å². The maximum absolute atomic E-state index is 12.5. The molecule has 3 aromatic carbocycles. The summed E-state index contributed by atoms with van der Waals surface area (Å²) in [7, 11) is -23.5. The van der Waals surface area contributed by atoms with E-state index in [2.05, 4.69) is 40.0 Å². The van der Waals surface area contributed by atoms with Crippen molar-refractivity contribution in [2.45, 2.75) is 14.7 Å². The summed E-state index contributed by atoms with van der Waals surface area (Å²) in [6.45, 7) is -1.10. The van der Waals surface area contributed by atoms with Gasteiger partial charge in [-0.1, -0.05) is 0 Å². The molecular weight excluding hydrogens is 995 g/mol. The molecule has 312 valence electrons. The van der Waals surface area contributed by atoms with Crippen molar-refractivity contribution in [2.24, 2.45) is 10.2 Å². The van der Waals surface area contributed by atoms with Crippen LogP contribution in [0.25, 0.3) is 10.8 Å². The van der Waals surface area contributed by atoms with Gasteiger partial charge in [-0.25, -0.2) is 42.1 Å². The summed E-state index contributed by atoms with van der Waals surface area (Å²) >= 11 is 11.5. The number of nitrogens with zero attached hydrogens (tertiary/aromatic N) is 5. The summed E-state index contributed by atoms with van der Waals surface area (Å²) < 4.78 is 163. The van der Waals surface area contributed by atoms with Gasteiger partial charge in [-0.3, -0.25) is 4.18 Å². The van der Waals surface area contributed by atoms with Gasteiger partial charge in [-0.15, -0.1) is 16.7 Å². The molecule has 4 aromatic rings. The Morgan fingerprint density at radius 1 is 0.750 bits per heavy atom. The van der Waals surface area contributed by atoms with E-state index in [0.717, 1.165) is 30.3 Å². The third-order valence-corrected chi connectivity index (χ3v) is 13.0. The van der Waals surface area contributed by atoms with Crippen LogP contribution >= 0.6 is 23.2 Å². The molecule has 0 aliphatic heterocycles. The number of halogens is 2. The summed E-state index contributed by atoms with van der Waals surface area (Å²) in [5.41, 5.74) is -1.60. The number of alkyl halides is 1. The van der Waals surface area contributed by atoms with Crippen LogP contribution in [-0.2, 0) is 59.2 Å². The van der Waals surface area contributed by atoms with Crippen molar-refractivity contribution in [3.05, 3.63) is 47.7 Å². The monoisotopic (exact) mass is 1020 g/mol. The summed E-state index contributed by atoms with van der Waals surface area (Å²) in [6, 6.07) is 6.09. The number of anilines is 3. The zero-order valence-electron chi connectivity index (χ0n) is 31.3. The summed E-state index contributed by atoms with van der Waals surface area (Å²) in [5.74, 6) is -3.15. The van der Waals surface area contributed by atoms with Crippen LogP contribution in [0, 0.1) is 0 Å². The first-order chi connectivity index (χ1) is 26.4. The number of hydrogen-bond acceptors (Lipinski definition) is 23. The van der Waals surface area contributed by atoms with Crippen LogP contribution in [0.15, 0.2) is 67.4 Å². The predicted molar refractivity (Wildman–Crippen MR) is 197 cm³/mol. The minimum atomic E-state index is -5.53. The van der Waals surface area contributed by atoms with Gasteiger partial charge < -0.3 is 34.1 Å². The number of phenols is 1. The number of sulfone groups is 2. The van der Waals surface area contributed by atoms with E-state index in [1.54, 1.807) is 0 Å². The van der Waals surface area contributed by atoms with Gasteiger partial charge in [0.1, 0.15) is 25.9 Å². The van der Waals surface area contributed by atoms with Crippen molar-refractivity contribution in [2.75, 3.05) is 60.1 Å². The number of nitrogens with one attached hydrogen (secondary N) is 2. The smallest absolute Gasteiger partial charge is 0.744 e. The molecular formula is C27H26Cl2KN7Na2O16S5. The van der Waals surface area contributed by atoms with Crippen molar-refractivity contribution in [3.8, 4) is 5.75 Å². The number of hydrogen-bond donors (Lipinski definition) is 3. The quantitative estimate of drug-likeness (QED) is 0.0185. The normalized spacial score (nSPS) is 12.3. The first-order valence-corrected chi connectivity index (χ1v) is 23.8. The standard InChI is InChI=1S/C27H29Cl2N7O16S5.K.2Na/c28-5-10-53(38,39)11-8-51-7-6-30-26-32-25(29)33-27(34-26)31-20-15-19(55(42,43)44)13-16-14-21(56(45,46)47)23(24(37)22(16)20)36-35-17-1-3-18(4-2-17)54(40,41)12-9-52-57(48,49)50;;;/h1-4,13-15,37H,5-12H2,(H,42,43,44)(H,45,46,47)(H,48,49,50)(H2,30,31,32,33,34);;;/q;3*+1/p-3. The maximum Gasteiger partial charge on any atom is 1.00 e. The zero-order chi connectivity index (χ0) is 42.4. The van der Waals surface area contributed by atoms with Crippen molar-refractivity contribution in [1.29, 1.82) is 0 Å². The molecule has 23 nitrogen and oxygen atoms in total. The van der Waals surface area contributed by atoms with Crippen LogP contribution in [0.3, 0.4) is 0 Å². The Morgan fingerprint density at radius 3 is 1.97 bits per heavy atom. The number of benzene rings is 3. The van der Waals surface area contributed by atoms with Crippen molar-refractivity contribution >= 4 is 113 Å². The summed E-state index contributed by atoms with van der Waals surface area (Å²) in [5, 5.41) is 22.7. The fraction of sp³-hybridized carbons (Fsp3) is 0.296. The molecule has 0 saturated heterocycles. The van der Waals surface area contributed by atoms with Gasteiger partial charge in [0.15, 0.2) is 25.4 Å². The predicted octanol–water partition coefficient (Wildman–Crippen LogP) is -7.30. The minimum absolute atomic E-state index is 0. The molecule has 0 radical (unpaired) electrons. The molecule has 0 atom stereocenters. The van der Waals surface area contributed by atoms with E-state index < -0.39 is 112 Å². The molecule has 3 N–H and O–H groups in total. The van der Waals surface area contributed by atoms with Gasteiger partial charge in [-0.2, -0.15) is 20.1 Å². The second-order valence-corrected chi connectivity index (χ2v) is 20.0. The molecule has 0 spiro atoms. The molecule has 60 heavy (non-hydrogen) atoms. The maximum atomic E-state index is 12.5. The number of phenolic OH excluding ortho intramolecular Hbond substituents is 1. The average Bonchev–Trinajstić information content (AvgIpc) is 3.07. The van der Waals surface area contributed by atoms with E-state index in [4.69, 9.17) is 27.9 Å². The number of ether oxygens (including phenoxy) is 1. The van der Waals surface area contributed by atoms with E-state index in [-0.39, 0.29) is 164 Å². The number of aromatic hydroxyl groups is 1. The molecule has 1 aromatic heterocycles. The molecule has 0 aliphatic carbocycles. The number of aromatic nitrogens is 3. The van der Waals surface area contributed by atoms with Gasteiger partial charge in [0.25, 0.3) is 0 Å². The number of rotatable bonds is 20. The molecule has 0 aliphatic rings. The zero-order valence-corrected chi connectivity index (χ0v) is 44.0. The van der Waals surface area contributed by atoms with Gasteiger partial charge in [0, 0.05) is 17.8 Å². The average molecular weight is 1020 g/mol. The molecule has 0 bridgehead atoms. The largest absolute Gasteiger partial charge is 1.00 e. The number of azo groups is 1. The molecule has 1 heterocycles. The Balaban J connectivity index is 0.00000600. The third kappa shape index (κ3) is 17.6. The number of fused-ring (bicyclic) bond motifs is 1. The van der Waals surface area contributed by atoms with E-state index in [9.17, 15) is 60.9 Å². The van der Waals surface area contributed by atoms with Crippen molar-refractivity contribution in [3.63, 3.8) is 0 Å². The fourth-order valence-corrected chi connectivity index (χ4v) is 8.87. The Kier molecular flexibility index (Phi) is 23.4. The van der Waals surface area contributed by atoms with Gasteiger partial charge >= 0.3 is 110 Å². The Hall–Kier alpha value is -0.304.